The van der Waals surface area contributed by atoms with Crippen molar-refractivity contribution < 1.29 is 19.1 Å². The van der Waals surface area contributed by atoms with Crippen molar-refractivity contribution in [2.24, 2.45) is 0 Å². The molecule has 0 aliphatic rings. The SMILES string of the molecule is COC(=O)c1cnn(Cc2ccccc2)c1C(=O)OC. The molecule has 2 aromatic rings. The minimum Gasteiger partial charge on any atom is -0.465 e. The Hall–Kier alpha value is -2.63. The molecule has 0 N–H and O–H groups in total. The van der Waals surface area contributed by atoms with Crippen LogP contribution in [0.2, 0.25) is 0 Å². The molecule has 0 fully saturated rings. The van der Waals surface area contributed by atoms with Crippen molar-refractivity contribution in [2.45, 2.75) is 6.54 Å². The lowest BCUT2D eigenvalue weighted by Crippen LogP contribution is -2.16. The van der Waals surface area contributed by atoms with Gasteiger partial charge in [0.15, 0.2) is 5.69 Å². The first kappa shape index (κ1) is 13.8. The van der Waals surface area contributed by atoms with Gasteiger partial charge < -0.3 is 9.47 Å². The molecule has 1 aromatic carbocycles. The van der Waals surface area contributed by atoms with Crippen LogP contribution in [0.5, 0.6) is 0 Å². The van der Waals surface area contributed by atoms with Gasteiger partial charge in [0.1, 0.15) is 5.56 Å². The van der Waals surface area contributed by atoms with Crippen LogP contribution in [0.3, 0.4) is 0 Å². The van der Waals surface area contributed by atoms with Crippen molar-refractivity contribution in [3.05, 3.63) is 53.3 Å². The topological polar surface area (TPSA) is 70.4 Å². The second-order valence-electron chi connectivity index (χ2n) is 4.03. The van der Waals surface area contributed by atoms with Gasteiger partial charge in [-0.3, -0.25) is 4.68 Å². The first-order chi connectivity index (χ1) is 9.67. The summed E-state index contributed by atoms with van der Waals surface area (Å²) in [5, 5.41) is 4.06. The number of methoxy groups -OCH3 is 2. The van der Waals surface area contributed by atoms with Crippen LogP contribution in [0.15, 0.2) is 36.5 Å². The minimum absolute atomic E-state index is 0.0863. The second kappa shape index (κ2) is 6.01. The molecule has 0 radical (unpaired) electrons. The van der Waals surface area contributed by atoms with Crippen molar-refractivity contribution in [3.8, 4) is 0 Å². The zero-order valence-corrected chi connectivity index (χ0v) is 11.2. The first-order valence-corrected chi connectivity index (χ1v) is 5.93. The number of esters is 2. The molecule has 20 heavy (non-hydrogen) atoms. The highest BCUT2D eigenvalue weighted by atomic mass is 16.5. The Balaban J connectivity index is 2.40. The van der Waals surface area contributed by atoms with Crippen molar-refractivity contribution >= 4 is 11.9 Å². The second-order valence-corrected chi connectivity index (χ2v) is 4.03. The molecular formula is C14H14N2O4. The van der Waals surface area contributed by atoms with E-state index in [0.29, 0.717) is 6.54 Å². The third kappa shape index (κ3) is 2.69. The van der Waals surface area contributed by atoms with E-state index in [2.05, 4.69) is 9.84 Å². The highest BCUT2D eigenvalue weighted by Gasteiger charge is 2.24. The summed E-state index contributed by atoms with van der Waals surface area (Å²) >= 11 is 0. The van der Waals surface area contributed by atoms with Gasteiger partial charge in [-0.05, 0) is 5.56 Å². The average molecular weight is 274 g/mol. The molecule has 0 spiro atoms. The molecule has 6 nitrogen and oxygen atoms in total. The number of nitrogens with zero attached hydrogens (tertiary/aromatic N) is 2. The van der Waals surface area contributed by atoms with E-state index in [1.807, 2.05) is 30.3 Å². The van der Waals surface area contributed by atoms with Gasteiger partial charge in [0.25, 0.3) is 0 Å². The summed E-state index contributed by atoms with van der Waals surface area (Å²) in [5.41, 5.74) is 1.13. The van der Waals surface area contributed by atoms with Crippen LogP contribution in [0.1, 0.15) is 26.4 Å². The van der Waals surface area contributed by atoms with E-state index in [4.69, 9.17) is 4.74 Å². The summed E-state index contributed by atoms with van der Waals surface area (Å²) in [6.45, 7) is 0.363. The van der Waals surface area contributed by atoms with E-state index in [0.717, 1.165) is 5.56 Å². The molecule has 0 aliphatic carbocycles. The Bertz CT molecular complexity index is 619. The van der Waals surface area contributed by atoms with Crippen molar-refractivity contribution in [1.29, 1.82) is 0 Å². The Labute approximate surface area is 115 Å². The fraction of sp³-hybridized carbons (Fsp3) is 0.214. The van der Waals surface area contributed by atoms with Crippen LogP contribution < -0.4 is 0 Å². The fourth-order valence-corrected chi connectivity index (χ4v) is 1.83. The monoisotopic (exact) mass is 274 g/mol. The number of rotatable bonds is 4. The van der Waals surface area contributed by atoms with Crippen LogP contribution in [0, 0.1) is 0 Å². The van der Waals surface area contributed by atoms with Crippen molar-refractivity contribution in [3.63, 3.8) is 0 Å². The molecule has 0 unspecified atom stereocenters. The van der Waals surface area contributed by atoms with Gasteiger partial charge in [-0.2, -0.15) is 5.10 Å². The predicted molar refractivity (Wildman–Crippen MR) is 70.5 cm³/mol. The molecule has 0 saturated heterocycles. The predicted octanol–water partition coefficient (Wildman–Crippen LogP) is 1.50. The number of benzene rings is 1. The number of hydrogen-bond donors (Lipinski definition) is 0. The number of ether oxygens (including phenoxy) is 2. The van der Waals surface area contributed by atoms with Crippen LogP contribution in [-0.4, -0.2) is 35.9 Å². The molecule has 0 atom stereocenters. The summed E-state index contributed by atoms with van der Waals surface area (Å²) in [6.07, 6.45) is 1.31. The average Bonchev–Trinajstić information content (AvgIpc) is 2.90. The van der Waals surface area contributed by atoms with E-state index in [-0.39, 0.29) is 11.3 Å². The smallest absolute Gasteiger partial charge is 0.357 e. The fourth-order valence-electron chi connectivity index (χ4n) is 1.83. The normalized spacial score (nSPS) is 10.1. The summed E-state index contributed by atoms with van der Waals surface area (Å²) < 4.78 is 10.8. The maximum absolute atomic E-state index is 11.8. The summed E-state index contributed by atoms with van der Waals surface area (Å²) in [5.74, 6) is -1.25. The lowest BCUT2D eigenvalue weighted by Gasteiger charge is -2.07. The van der Waals surface area contributed by atoms with E-state index < -0.39 is 11.9 Å². The highest BCUT2D eigenvalue weighted by molar-refractivity contribution is 6.01. The quantitative estimate of drug-likeness (QED) is 0.790. The summed E-state index contributed by atoms with van der Waals surface area (Å²) in [4.78, 5) is 23.5. The Morgan fingerprint density at radius 2 is 1.75 bits per heavy atom. The molecule has 104 valence electrons. The zero-order valence-electron chi connectivity index (χ0n) is 11.2. The number of carbonyl (C=O) groups is 2. The lowest BCUT2D eigenvalue weighted by atomic mass is 10.2. The third-order valence-corrected chi connectivity index (χ3v) is 2.80. The largest absolute Gasteiger partial charge is 0.465 e. The maximum atomic E-state index is 11.8. The van der Waals surface area contributed by atoms with Gasteiger partial charge >= 0.3 is 11.9 Å². The Kier molecular flexibility index (Phi) is 4.14. The molecule has 1 heterocycles. The summed E-state index contributed by atoms with van der Waals surface area (Å²) in [7, 11) is 2.50. The van der Waals surface area contributed by atoms with Crippen molar-refractivity contribution in [2.75, 3.05) is 14.2 Å². The van der Waals surface area contributed by atoms with E-state index in [1.54, 1.807) is 0 Å². The third-order valence-electron chi connectivity index (χ3n) is 2.80. The first-order valence-electron chi connectivity index (χ1n) is 5.93. The summed E-state index contributed by atoms with van der Waals surface area (Å²) in [6, 6.07) is 9.48. The van der Waals surface area contributed by atoms with Crippen LogP contribution in [0.25, 0.3) is 0 Å². The van der Waals surface area contributed by atoms with E-state index in [1.165, 1.54) is 25.1 Å². The highest BCUT2D eigenvalue weighted by Crippen LogP contribution is 2.13. The van der Waals surface area contributed by atoms with E-state index >= 15 is 0 Å². The van der Waals surface area contributed by atoms with Gasteiger partial charge in [0.2, 0.25) is 0 Å². The molecule has 6 heteroatoms. The number of hydrogen-bond acceptors (Lipinski definition) is 5. The number of aromatic nitrogens is 2. The molecule has 2 rings (SSSR count). The van der Waals surface area contributed by atoms with Gasteiger partial charge in [-0.15, -0.1) is 0 Å². The van der Waals surface area contributed by atoms with E-state index in [9.17, 15) is 9.59 Å². The van der Waals surface area contributed by atoms with Gasteiger partial charge in [-0.25, -0.2) is 9.59 Å². The van der Waals surface area contributed by atoms with Crippen LogP contribution in [-0.2, 0) is 16.0 Å². The van der Waals surface area contributed by atoms with Crippen LogP contribution in [0.4, 0.5) is 0 Å². The van der Waals surface area contributed by atoms with Gasteiger partial charge in [0, 0.05) is 0 Å². The number of carbonyl (C=O) groups excluding carboxylic acids is 2. The lowest BCUT2D eigenvalue weighted by molar-refractivity contribution is 0.0547. The zero-order chi connectivity index (χ0) is 14.5. The molecule has 0 aliphatic heterocycles. The maximum Gasteiger partial charge on any atom is 0.357 e. The van der Waals surface area contributed by atoms with Gasteiger partial charge in [-0.1, -0.05) is 30.3 Å². The van der Waals surface area contributed by atoms with Gasteiger partial charge in [0.05, 0.1) is 27.0 Å². The van der Waals surface area contributed by atoms with Crippen LogP contribution >= 0.6 is 0 Å². The standard InChI is InChI=1S/C14H14N2O4/c1-19-13(17)11-8-15-16(12(11)14(18)20-2)9-10-6-4-3-5-7-10/h3-8H,9H2,1-2H3. The minimum atomic E-state index is -0.626. The molecule has 0 amide bonds. The van der Waals surface area contributed by atoms with Crippen molar-refractivity contribution in [1.82, 2.24) is 9.78 Å². The molecule has 0 saturated carbocycles. The molecule has 0 bridgehead atoms. The molecular weight excluding hydrogens is 260 g/mol. The molecule has 1 aromatic heterocycles. The Morgan fingerprint density at radius 1 is 1.10 bits per heavy atom. The Morgan fingerprint density at radius 3 is 2.35 bits per heavy atom.